The molecule has 1 unspecified atom stereocenters. The number of hydrogen-bond acceptors (Lipinski definition) is 9. The van der Waals surface area contributed by atoms with Gasteiger partial charge in [-0.05, 0) is 20.8 Å². The minimum absolute atomic E-state index is 0.217. The van der Waals surface area contributed by atoms with Crippen LogP contribution in [-0.4, -0.2) is 49.2 Å². The molecule has 164 valence electrons. The maximum absolute atomic E-state index is 15.0. The highest BCUT2D eigenvalue weighted by Gasteiger charge is 2.43. The molecule has 1 aliphatic rings. The first-order chi connectivity index (χ1) is 13.8. The zero-order chi connectivity index (χ0) is 22.4. The Labute approximate surface area is 166 Å². The second kappa shape index (κ2) is 7.27. The van der Waals surface area contributed by atoms with E-state index in [0.717, 1.165) is 10.9 Å². The zero-order valence-electron chi connectivity index (χ0n) is 15.9. The normalized spacial score (nSPS) is 19.9. The molecular weight excluding hydrogens is 418 g/mol. The van der Waals surface area contributed by atoms with E-state index in [9.17, 15) is 23.1 Å². The first-order valence-corrected chi connectivity index (χ1v) is 8.44. The number of nitrogens with two attached hydrogens (primary N) is 1. The molecular formula is C16H17F4N5O5. The lowest BCUT2D eigenvalue weighted by atomic mass is 10.2. The minimum atomic E-state index is -4.91. The second-order valence-electron chi connectivity index (χ2n) is 7.18. The molecule has 0 saturated carbocycles. The molecule has 0 fully saturated rings. The van der Waals surface area contributed by atoms with Gasteiger partial charge in [-0.2, -0.15) is 13.2 Å². The van der Waals surface area contributed by atoms with E-state index in [1.807, 2.05) is 0 Å². The van der Waals surface area contributed by atoms with Crippen molar-refractivity contribution < 1.29 is 41.7 Å². The van der Waals surface area contributed by atoms with E-state index in [0.29, 0.717) is 0 Å². The molecule has 0 bridgehead atoms. The molecule has 30 heavy (non-hydrogen) atoms. The van der Waals surface area contributed by atoms with E-state index < -0.39 is 65.7 Å². The molecule has 10 nitrogen and oxygen atoms in total. The number of carbonyl (C=O) groups is 1. The summed E-state index contributed by atoms with van der Waals surface area (Å²) in [6, 6.07) is 0. The lowest BCUT2D eigenvalue weighted by Gasteiger charge is -2.19. The van der Waals surface area contributed by atoms with Crippen LogP contribution in [0, 0.1) is 0 Å². The number of fused-ring (bicyclic) bond motifs is 1. The molecule has 3 N–H and O–H groups in total. The standard InChI is InChI=1S/C16H17F4N5O5/c1-15(2,3)30-14(27)29-9-6(4-26)28-12(7(9)17)25-5-22-8-10(21)23-13(16(18,19)20)24-11(8)25/h5,7,12,26H,4H2,1-3H3,(H2,21,23,24)/t7?,12-/m1/s1. The van der Waals surface area contributed by atoms with Crippen molar-refractivity contribution in [1.82, 2.24) is 19.5 Å². The van der Waals surface area contributed by atoms with Crippen molar-refractivity contribution in [1.29, 1.82) is 0 Å². The van der Waals surface area contributed by atoms with Gasteiger partial charge in [0.2, 0.25) is 18.2 Å². The fourth-order valence-electron chi connectivity index (χ4n) is 2.59. The lowest BCUT2D eigenvalue weighted by Crippen LogP contribution is -2.26. The number of halogens is 4. The number of aliphatic hydroxyl groups excluding tert-OH is 1. The lowest BCUT2D eigenvalue weighted by molar-refractivity contribution is -0.144. The molecule has 2 atom stereocenters. The zero-order valence-corrected chi connectivity index (χ0v) is 15.9. The van der Waals surface area contributed by atoms with E-state index in [-0.39, 0.29) is 5.52 Å². The number of nitrogens with zero attached hydrogens (tertiary/aromatic N) is 4. The molecule has 0 radical (unpaired) electrons. The summed E-state index contributed by atoms with van der Waals surface area (Å²) in [5.74, 6) is -3.25. The predicted molar refractivity (Wildman–Crippen MR) is 91.2 cm³/mol. The van der Waals surface area contributed by atoms with Gasteiger partial charge in [0.05, 0.1) is 0 Å². The Morgan fingerprint density at radius 2 is 2.00 bits per heavy atom. The third-order valence-corrected chi connectivity index (χ3v) is 3.74. The molecule has 3 heterocycles. The Morgan fingerprint density at radius 3 is 2.57 bits per heavy atom. The van der Waals surface area contributed by atoms with Crippen molar-refractivity contribution in [2.75, 3.05) is 12.3 Å². The largest absolute Gasteiger partial charge is 0.514 e. The smallest absolute Gasteiger partial charge is 0.465 e. The minimum Gasteiger partial charge on any atom is -0.465 e. The van der Waals surface area contributed by atoms with Crippen molar-refractivity contribution in [3.63, 3.8) is 0 Å². The van der Waals surface area contributed by atoms with Gasteiger partial charge in [0, 0.05) is 0 Å². The summed E-state index contributed by atoms with van der Waals surface area (Å²) in [4.78, 5) is 22.2. The van der Waals surface area contributed by atoms with Gasteiger partial charge >= 0.3 is 12.3 Å². The number of imidazole rings is 1. The van der Waals surface area contributed by atoms with E-state index in [1.54, 1.807) is 20.8 Å². The summed E-state index contributed by atoms with van der Waals surface area (Å²) in [7, 11) is 0. The summed E-state index contributed by atoms with van der Waals surface area (Å²) in [5.41, 5.74) is 3.89. The fraction of sp³-hybridized carbons (Fsp3) is 0.500. The van der Waals surface area contributed by atoms with Gasteiger partial charge in [-0.15, -0.1) is 0 Å². The van der Waals surface area contributed by atoms with Crippen LogP contribution in [0.15, 0.2) is 17.8 Å². The maximum atomic E-state index is 15.0. The van der Waals surface area contributed by atoms with Crippen molar-refractivity contribution in [2.45, 2.75) is 44.9 Å². The number of aromatic nitrogens is 4. The van der Waals surface area contributed by atoms with Gasteiger partial charge < -0.3 is 25.1 Å². The molecule has 14 heteroatoms. The molecule has 0 aliphatic carbocycles. The number of aliphatic hydroxyl groups is 1. The highest BCUT2D eigenvalue weighted by Crippen LogP contribution is 2.38. The van der Waals surface area contributed by atoms with E-state index in [1.165, 1.54) is 0 Å². The molecule has 3 rings (SSSR count). The highest BCUT2D eigenvalue weighted by molar-refractivity contribution is 5.81. The van der Waals surface area contributed by atoms with Crippen LogP contribution in [0.25, 0.3) is 11.2 Å². The average Bonchev–Trinajstić information content (AvgIpc) is 3.14. The Balaban J connectivity index is 1.95. The summed E-state index contributed by atoms with van der Waals surface area (Å²) in [6.45, 7) is 3.80. The van der Waals surface area contributed by atoms with Crippen LogP contribution in [0.4, 0.5) is 28.2 Å². The van der Waals surface area contributed by atoms with Crippen molar-refractivity contribution in [2.24, 2.45) is 0 Å². The van der Waals surface area contributed by atoms with Crippen LogP contribution in [0.3, 0.4) is 0 Å². The topological polar surface area (TPSA) is 135 Å². The average molecular weight is 435 g/mol. The molecule has 0 spiro atoms. The number of carbonyl (C=O) groups excluding carboxylic acids is 1. The van der Waals surface area contributed by atoms with Crippen molar-refractivity contribution in [3.05, 3.63) is 23.7 Å². The second-order valence-corrected chi connectivity index (χ2v) is 7.18. The maximum Gasteiger partial charge on any atom is 0.514 e. The van der Waals surface area contributed by atoms with Gasteiger partial charge in [-0.25, -0.2) is 24.1 Å². The third kappa shape index (κ3) is 4.08. The molecule has 0 amide bonds. The van der Waals surface area contributed by atoms with Crippen LogP contribution >= 0.6 is 0 Å². The van der Waals surface area contributed by atoms with Crippen LogP contribution in [-0.2, 0) is 20.4 Å². The van der Waals surface area contributed by atoms with Gasteiger partial charge in [-0.1, -0.05) is 0 Å². The summed E-state index contributed by atoms with van der Waals surface area (Å²) < 4.78 is 69.9. The SMILES string of the molecule is CC(C)(C)OC(=O)OC1=C(CO)O[C@@H](n2cnc3c(N)nc(C(F)(F)F)nc32)C1F. The first kappa shape index (κ1) is 21.5. The quantitative estimate of drug-likeness (QED) is 0.551. The summed E-state index contributed by atoms with van der Waals surface area (Å²) in [6.07, 6.45) is -9.11. The fourth-order valence-corrected chi connectivity index (χ4v) is 2.59. The van der Waals surface area contributed by atoms with Crippen molar-refractivity contribution in [3.8, 4) is 0 Å². The molecule has 0 aromatic carbocycles. The predicted octanol–water partition coefficient (Wildman–Crippen LogP) is 2.45. The van der Waals surface area contributed by atoms with Crippen LogP contribution in [0.2, 0.25) is 0 Å². The van der Waals surface area contributed by atoms with E-state index in [2.05, 4.69) is 15.0 Å². The Morgan fingerprint density at radius 1 is 1.33 bits per heavy atom. The Hall–Kier alpha value is -3.16. The highest BCUT2D eigenvalue weighted by atomic mass is 19.4. The van der Waals surface area contributed by atoms with Crippen LogP contribution in [0.1, 0.15) is 32.8 Å². The summed E-state index contributed by atoms with van der Waals surface area (Å²) in [5, 5.41) is 9.42. The molecule has 2 aromatic rings. The molecule has 0 saturated heterocycles. The third-order valence-electron chi connectivity index (χ3n) is 3.74. The van der Waals surface area contributed by atoms with Gasteiger partial charge in [0.25, 0.3) is 0 Å². The monoisotopic (exact) mass is 435 g/mol. The number of ether oxygens (including phenoxy) is 3. The first-order valence-electron chi connectivity index (χ1n) is 8.44. The number of nitrogen functional groups attached to an aromatic ring is 1. The Kier molecular flexibility index (Phi) is 5.22. The number of alkyl halides is 4. The van der Waals surface area contributed by atoms with Crippen LogP contribution < -0.4 is 5.73 Å². The molecule has 1 aliphatic heterocycles. The molecule has 2 aromatic heterocycles. The van der Waals surface area contributed by atoms with E-state index in [4.69, 9.17) is 19.9 Å². The van der Waals surface area contributed by atoms with Crippen LogP contribution in [0.5, 0.6) is 0 Å². The Bertz CT molecular complexity index is 1010. The van der Waals surface area contributed by atoms with E-state index >= 15 is 4.39 Å². The number of anilines is 1. The van der Waals surface area contributed by atoms with Crippen molar-refractivity contribution >= 4 is 23.1 Å². The summed E-state index contributed by atoms with van der Waals surface area (Å²) >= 11 is 0. The van der Waals surface area contributed by atoms with Gasteiger partial charge in [0.15, 0.2) is 23.0 Å². The number of hydrogen-bond donors (Lipinski definition) is 2. The van der Waals surface area contributed by atoms with Gasteiger partial charge in [-0.3, -0.25) is 4.57 Å². The van der Waals surface area contributed by atoms with Gasteiger partial charge in [0.1, 0.15) is 24.1 Å². The number of rotatable bonds is 3.